The van der Waals surface area contributed by atoms with Crippen molar-refractivity contribution in [2.24, 2.45) is 0 Å². The molecule has 2 rings (SSSR count). The predicted molar refractivity (Wildman–Crippen MR) is 91.9 cm³/mol. The average molecular weight is 345 g/mol. The third kappa shape index (κ3) is 5.60. The fourth-order valence-electron chi connectivity index (χ4n) is 2.04. The van der Waals surface area contributed by atoms with E-state index in [1.165, 1.54) is 31.2 Å². The van der Waals surface area contributed by atoms with E-state index in [1.54, 1.807) is 19.1 Å². The number of esters is 1. The molecule has 0 radical (unpaired) electrons. The van der Waals surface area contributed by atoms with Crippen LogP contribution in [0.4, 0.5) is 10.1 Å². The zero-order valence-electron chi connectivity index (χ0n) is 14.3. The molecule has 5 nitrogen and oxygen atoms in total. The Kier molecular flexibility index (Phi) is 6.11. The van der Waals surface area contributed by atoms with Gasteiger partial charge in [-0.2, -0.15) is 0 Å². The molecule has 1 N–H and O–H groups in total. The van der Waals surface area contributed by atoms with E-state index in [0.29, 0.717) is 11.4 Å². The minimum absolute atomic E-state index is 0.403. The van der Waals surface area contributed by atoms with Crippen LogP contribution in [0.1, 0.15) is 19.4 Å². The molecule has 6 heteroatoms. The van der Waals surface area contributed by atoms with Gasteiger partial charge in [0.1, 0.15) is 11.6 Å². The molecular weight excluding hydrogens is 325 g/mol. The monoisotopic (exact) mass is 345 g/mol. The predicted octanol–water partition coefficient (Wildman–Crippen LogP) is 3.47. The molecule has 25 heavy (non-hydrogen) atoms. The van der Waals surface area contributed by atoms with Crippen LogP contribution in [0, 0.1) is 12.7 Å². The van der Waals surface area contributed by atoms with Crippen molar-refractivity contribution in [3.05, 3.63) is 59.9 Å². The number of anilines is 1. The average Bonchev–Trinajstić information content (AvgIpc) is 2.56. The van der Waals surface area contributed by atoms with E-state index in [-0.39, 0.29) is 0 Å². The first-order chi connectivity index (χ1) is 11.8. The number of amides is 1. The third-order valence-corrected chi connectivity index (χ3v) is 3.41. The fourth-order valence-corrected chi connectivity index (χ4v) is 2.04. The van der Waals surface area contributed by atoms with Crippen molar-refractivity contribution in [3.63, 3.8) is 0 Å². The van der Waals surface area contributed by atoms with Crippen LogP contribution in [0.3, 0.4) is 0 Å². The number of carbonyl (C=O) groups is 2. The van der Waals surface area contributed by atoms with Gasteiger partial charge in [-0.05, 0) is 62.7 Å². The SMILES string of the molecule is Cc1cccc(O[C@H](C)C(=O)O[C@H](C)C(=O)Nc2ccc(F)cc2)c1. The van der Waals surface area contributed by atoms with Crippen LogP contribution >= 0.6 is 0 Å². The van der Waals surface area contributed by atoms with E-state index in [9.17, 15) is 14.0 Å². The number of nitrogens with one attached hydrogen (secondary N) is 1. The van der Waals surface area contributed by atoms with E-state index >= 15 is 0 Å². The van der Waals surface area contributed by atoms with Crippen molar-refractivity contribution in [1.82, 2.24) is 0 Å². The standard InChI is InChI=1S/C19H20FNO4/c1-12-5-4-6-17(11-12)24-14(3)19(23)25-13(2)18(22)21-16-9-7-15(20)8-10-16/h4-11,13-14H,1-3H3,(H,21,22)/t13-,14-/m1/s1. The lowest BCUT2D eigenvalue weighted by molar-refractivity contribution is -0.159. The molecule has 132 valence electrons. The number of rotatable bonds is 6. The molecule has 0 aliphatic rings. The minimum Gasteiger partial charge on any atom is -0.479 e. The third-order valence-electron chi connectivity index (χ3n) is 3.41. The highest BCUT2D eigenvalue weighted by molar-refractivity contribution is 5.95. The normalized spacial score (nSPS) is 12.8. The summed E-state index contributed by atoms with van der Waals surface area (Å²) in [5.74, 6) is -1.02. The Balaban J connectivity index is 1.87. The van der Waals surface area contributed by atoms with E-state index in [4.69, 9.17) is 9.47 Å². The molecule has 2 aromatic rings. The number of aryl methyl sites for hydroxylation is 1. The van der Waals surface area contributed by atoms with Gasteiger partial charge in [0.2, 0.25) is 0 Å². The molecule has 0 heterocycles. The molecule has 0 spiro atoms. The van der Waals surface area contributed by atoms with Gasteiger partial charge in [-0.25, -0.2) is 9.18 Å². The Hall–Kier alpha value is -2.89. The zero-order chi connectivity index (χ0) is 18.4. The summed E-state index contributed by atoms with van der Waals surface area (Å²) in [4.78, 5) is 24.1. The fraction of sp³-hybridized carbons (Fsp3) is 0.263. The number of hydrogen-bond acceptors (Lipinski definition) is 4. The summed E-state index contributed by atoms with van der Waals surface area (Å²) in [6.07, 6.45) is -1.87. The summed E-state index contributed by atoms with van der Waals surface area (Å²) in [6.45, 7) is 4.92. The Bertz CT molecular complexity index is 745. The lowest BCUT2D eigenvalue weighted by Crippen LogP contribution is -2.35. The molecule has 0 aromatic heterocycles. The Morgan fingerprint density at radius 3 is 2.36 bits per heavy atom. The highest BCUT2D eigenvalue weighted by atomic mass is 19.1. The zero-order valence-corrected chi connectivity index (χ0v) is 14.3. The summed E-state index contributed by atoms with van der Waals surface area (Å²) in [6, 6.07) is 12.6. The van der Waals surface area contributed by atoms with Crippen LogP contribution in [0.2, 0.25) is 0 Å². The second kappa shape index (κ2) is 8.28. The molecule has 0 bridgehead atoms. The van der Waals surface area contributed by atoms with E-state index in [1.807, 2.05) is 19.1 Å². The second-order valence-corrected chi connectivity index (χ2v) is 5.65. The molecule has 0 unspecified atom stereocenters. The quantitative estimate of drug-likeness (QED) is 0.814. The number of benzene rings is 2. The maximum Gasteiger partial charge on any atom is 0.347 e. The maximum absolute atomic E-state index is 12.9. The molecule has 0 aliphatic carbocycles. The van der Waals surface area contributed by atoms with Crippen molar-refractivity contribution in [2.75, 3.05) is 5.32 Å². The van der Waals surface area contributed by atoms with E-state index in [0.717, 1.165) is 5.56 Å². The highest BCUT2D eigenvalue weighted by Crippen LogP contribution is 2.15. The van der Waals surface area contributed by atoms with Crippen molar-refractivity contribution in [1.29, 1.82) is 0 Å². The van der Waals surface area contributed by atoms with Gasteiger partial charge in [-0.1, -0.05) is 12.1 Å². The van der Waals surface area contributed by atoms with Gasteiger partial charge in [0.25, 0.3) is 5.91 Å². The molecule has 2 atom stereocenters. The van der Waals surface area contributed by atoms with Crippen molar-refractivity contribution in [2.45, 2.75) is 33.0 Å². The highest BCUT2D eigenvalue weighted by Gasteiger charge is 2.23. The molecule has 0 saturated heterocycles. The van der Waals surface area contributed by atoms with Crippen LogP contribution in [-0.4, -0.2) is 24.1 Å². The topological polar surface area (TPSA) is 64.6 Å². The Morgan fingerprint density at radius 1 is 1.04 bits per heavy atom. The Labute approximate surface area is 145 Å². The van der Waals surface area contributed by atoms with Crippen LogP contribution < -0.4 is 10.1 Å². The van der Waals surface area contributed by atoms with Crippen LogP contribution in [0.5, 0.6) is 5.75 Å². The molecule has 1 amide bonds. The first kappa shape index (κ1) is 18.4. The van der Waals surface area contributed by atoms with Crippen LogP contribution in [-0.2, 0) is 14.3 Å². The Morgan fingerprint density at radius 2 is 1.72 bits per heavy atom. The molecular formula is C19H20FNO4. The van der Waals surface area contributed by atoms with Crippen LogP contribution in [0.25, 0.3) is 0 Å². The van der Waals surface area contributed by atoms with Crippen molar-refractivity contribution in [3.8, 4) is 5.75 Å². The van der Waals surface area contributed by atoms with Gasteiger partial charge >= 0.3 is 5.97 Å². The summed E-state index contributed by atoms with van der Waals surface area (Å²) < 4.78 is 23.5. The number of halogens is 1. The van der Waals surface area contributed by atoms with E-state index < -0.39 is 29.9 Å². The second-order valence-electron chi connectivity index (χ2n) is 5.65. The summed E-state index contributed by atoms with van der Waals surface area (Å²) in [5.41, 5.74) is 1.42. The molecule has 2 aromatic carbocycles. The smallest absolute Gasteiger partial charge is 0.347 e. The maximum atomic E-state index is 12.9. The van der Waals surface area contributed by atoms with Crippen molar-refractivity contribution >= 4 is 17.6 Å². The molecule has 0 saturated carbocycles. The van der Waals surface area contributed by atoms with Gasteiger partial charge < -0.3 is 14.8 Å². The lowest BCUT2D eigenvalue weighted by Gasteiger charge is -2.18. The minimum atomic E-state index is -1.01. The van der Waals surface area contributed by atoms with Gasteiger partial charge in [0.05, 0.1) is 0 Å². The van der Waals surface area contributed by atoms with Gasteiger partial charge in [0.15, 0.2) is 12.2 Å². The summed E-state index contributed by atoms with van der Waals surface area (Å²) >= 11 is 0. The van der Waals surface area contributed by atoms with Gasteiger partial charge in [-0.15, -0.1) is 0 Å². The van der Waals surface area contributed by atoms with Crippen molar-refractivity contribution < 1.29 is 23.5 Å². The van der Waals surface area contributed by atoms with Gasteiger partial charge in [0, 0.05) is 5.69 Å². The number of carbonyl (C=O) groups excluding carboxylic acids is 2. The van der Waals surface area contributed by atoms with Crippen LogP contribution in [0.15, 0.2) is 48.5 Å². The molecule has 0 aliphatic heterocycles. The summed E-state index contributed by atoms with van der Waals surface area (Å²) in [7, 11) is 0. The molecule has 0 fully saturated rings. The number of ether oxygens (including phenoxy) is 2. The first-order valence-electron chi connectivity index (χ1n) is 7.85. The lowest BCUT2D eigenvalue weighted by atomic mass is 10.2. The largest absolute Gasteiger partial charge is 0.479 e. The van der Waals surface area contributed by atoms with Gasteiger partial charge in [-0.3, -0.25) is 4.79 Å². The first-order valence-corrected chi connectivity index (χ1v) is 7.85. The summed E-state index contributed by atoms with van der Waals surface area (Å²) in [5, 5.41) is 2.55. The van der Waals surface area contributed by atoms with E-state index in [2.05, 4.69) is 5.32 Å². The number of hydrogen-bond donors (Lipinski definition) is 1.